The molecule has 0 radical (unpaired) electrons. The number of hydrogen-bond acceptors (Lipinski definition) is 9. The first kappa shape index (κ1) is 29.8. The van der Waals surface area contributed by atoms with Crippen LogP contribution in [-0.2, 0) is 33.3 Å². The maximum atomic E-state index is 13.5. The first-order chi connectivity index (χ1) is 19.8. The van der Waals surface area contributed by atoms with Crippen LogP contribution in [0.15, 0.2) is 60.7 Å². The van der Waals surface area contributed by atoms with Gasteiger partial charge in [-0.1, -0.05) is 43.3 Å². The number of fused-ring (bicyclic) bond motifs is 1. The standard InChI is InChI=1S/C33H38O9/c1-19-17-25(38-20(2)34)28(39-21(3)35)32(6)26(40-29(36)22-13-9-7-10-14-22)18-24-27(33(19,32)42-31(24,4)5)41-30(37)23-15-11-8-12-16-23/h7-16,19,24-28H,17-18H2,1-6H3/t19?,24?,25-,26-,27+,28-,32+,33?/m0/s1. The number of hydrogen-bond donors (Lipinski definition) is 0. The predicted molar refractivity (Wildman–Crippen MR) is 150 cm³/mol. The van der Waals surface area contributed by atoms with Crippen LogP contribution in [0.2, 0.25) is 0 Å². The molecule has 3 fully saturated rings. The van der Waals surface area contributed by atoms with Gasteiger partial charge in [0.25, 0.3) is 0 Å². The third-order valence-corrected chi connectivity index (χ3v) is 9.45. The van der Waals surface area contributed by atoms with Crippen LogP contribution in [-0.4, -0.2) is 59.5 Å². The normalized spacial score (nSPS) is 34.4. The monoisotopic (exact) mass is 578 g/mol. The molecule has 8 atom stereocenters. The van der Waals surface area contributed by atoms with E-state index in [-0.39, 0.29) is 24.7 Å². The van der Waals surface area contributed by atoms with E-state index in [0.29, 0.717) is 11.1 Å². The summed E-state index contributed by atoms with van der Waals surface area (Å²) in [4.78, 5) is 51.8. The molecule has 2 bridgehead atoms. The van der Waals surface area contributed by atoms with Gasteiger partial charge in [0, 0.05) is 19.8 Å². The van der Waals surface area contributed by atoms with E-state index in [0.717, 1.165) is 0 Å². The highest BCUT2D eigenvalue weighted by Crippen LogP contribution is 2.68. The van der Waals surface area contributed by atoms with Gasteiger partial charge in [-0.2, -0.15) is 0 Å². The highest BCUT2D eigenvalue weighted by molar-refractivity contribution is 5.90. The summed E-state index contributed by atoms with van der Waals surface area (Å²) in [6.07, 6.45) is -2.99. The molecule has 9 nitrogen and oxygen atoms in total. The molecule has 9 heteroatoms. The van der Waals surface area contributed by atoms with Crippen molar-refractivity contribution in [3.05, 3.63) is 71.8 Å². The van der Waals surface area contributed by atoms with Crippen molar-refractivity contribution in [2.24, 2.45) is 17.3 Å². The molecule has 3 aliphatic rings. The molecular weight excluding hydrogens is 540 g/mol. The SMILES string of the molecule is CC(=O)O[C@H]1CC(C)C23OC(C)(C)C(C[C@H](OC(=O)c4ccccc4)[C@]2(C)[C@H]1OC(C)=O)[C@H]3OC(=O)c1ccccc1. The summed E-state index contributed by atoms with van der Waals surface area (Å²) < 4.78 is 31.4. The van der Waals surface area contributed by atoms with Crippen molar-refractivity contribution in [3.63, 3.8) is 0 Å². The largest absolute Gasteiger partial charge is 0.459 e. The van der Waals surface area contributed by atoms with Crippen molar-refractivity contribution in [1.29, 1.82) is 0 Å². The van der Waals surface area contributed by atoms with Crippen LogP contribution in [0.25, 0.3) is 0 Å². The molecular formula is C33H38O9. The van der Waals surface area contributed by atoms with E-state index in [1.165, 1.54) is 13.8 Å². The van der Waals surface area contributed by atoms with Crippen molar-refractivity contribution < 1.29 is 42.9 Å². The number of rotatable bonds is 6. The molecule has 2 saturated carbocycles. The molecule has 1 aliphatic heterocycles. The third kappa shape index (κ3) is 4.77. The maximum absolute atomic E-state index is 13.5. The van der Waals surface area contributed by atoms with E-state index in [9.17, 15) is 19.2 Å². The van der Waals surface area contributed by atoms with Crippen LogP contribution in [0.5, 0.6) is 0 Å². The van der Waals surface area contributed by atoms with Gasteiger partial charge in [-0.05, 0) is 63.8 Å². The van der Waals surface area contributed by atoms with Crippen LogP contribution in [0.1, 0.15) is 75.1 Å². The average Bonchev–Trinajstić information content (AvgIpc) is 3.12. The molecule has 2 aliphatic carbocycles. The lowest BCUT2D eigenvalue weighted by Crippen LogP contribution is -2.76. The molecule has 3 unspecified atom stereocenters. The Morgan fingerprint density at radius 3 is 1.76 bits per heavy atom. The summed E-state index contributed by atoms with van der Waals surface area (Å²) >= 11 is 0. The van der Waals surface area contributed by atoms with E-state index in [4.69, 9.17) is 23.7 Å². The Hall–Kier alpha value is -3.72. The fourth-order valence-electron chi connectivity index (χ4n) is 7.70. The molecule has 0 aromatic heterocycles. The Bertz CT molecular complexity index is 1360. The molecule has 42 heavy (non-hydrogen) atoms. The summed E-state index contributed by atoms with van der Waals surface area (Å²) in [6, 6.07) is 17.3. The smallest absolute Gasteiger partial charge is 0.338 e. The molecule has 5 rings (SSSR count). The highest BCUT2D eigenvalue weighted by atomic mass is 16.6. The second kappa shape index (κ2) is 10.8. The Labute approximate surface area is 245 Å². The minimum Gasteiger partial charge on any atom is -0.459 e. The Kier molecular flexibility index (Phi) is 7.68. The van der Waals surface area contributed by atoms with Gasteiger partial charge in [0.2, 0.25) is 0 Å². The summed E-state index contributed by atoms with van der Waals surface area (Å²) in [5.41, 5.74) is -2.59. The number of esters is 4. The number of carbonyl (C=O) groups excluding carboxylic acids is 4. The maximum Gasteiger partial charge on any atom is 0.338 e. The van der Waals surface area contributed by atoms with E-state index >= 15 is 0 Å². The molecule has 2 aromatic carbocycles. The molecule has 224 valence electrons. The second-order valence-corrected chi connectivity index (χ2v) is 12.4. The Morgan fingerprint density at radius 2 is 1.24 bits per heavy atom. The first-order valence-corrected chi connectivity index (χ1v) is 14.4. The fourth-order valence-corrected chi connectivity index (χ4v) is 7.70. The van der Waals surface area contributed by atoms with Gasteiger partial charge in [0.1, 0.15) is 23.9 Å². The number of benzene rings is 2. The molecule has 0 N–H and O–H groups in total. The molecule has 1 spiro atoms. The quantitative estimate of drug-likeness (QED) is 0.348. The summed E-state index contributed by atoms with van der Waals surface area (Å²) in [6.45, 7) is 10.2. The van der Waals surface area contributed by atoms with Crippen molar-refractivity contribution in [2.75, 3.05) is 0 Å². The molecule has 1 saturated heterocycles. The Morgan fingerprint density at radius 1 is 0.714 bits per heavy atom. The van der Waals surface area contributed by atoms with Gasteiger partial charge >= 0.3 is 23.9 Å². The van der Waals surface area contributed by atoms with E-state index in [1.807, 2.05) is 33.8 Å². The zero-order chi connectivity index (χ0) is 30.4. The summed E-state index contributed by atoms with van der Waals surface area (Å²) in [5.74, 6) is -2.90. The second-order valence-electron chi connectivity index (χ2n) is 12.4. The van der Waals surface area contributed by atoms with Crippen LogP contribution >= 0.6 is 0 Å². The molecule has 0 amide bonds. The van der Waals surface area contributed by atoms with Gasteiger partial charge in [-0.15, -0.1) is 0 Å². The lowest BCUT2D eigenvalue weighted by atomic mass is 9.48. The van der Waals surface area contributed by atoms with Crippen LogP contribution in [0, 0.1) is 17.3 Å². The zero-order valence-electron chi connectivity index (χ0n) is 24.8. The minimum absolute atomic E-state index is 0.258. The lowest BCUT2D eigenvalue weighted by molar-refractivity contribution is -0.302. The van der Waals surface area contributed by atoms with E-state index in [1.54, 1.807) is 54.6 Å². The molecule has 1 heterocycles. The average molecular weight is 579 g/mol. The summed E-state index contributed by atoms with van der Waals surface area (Å²) in [7, 11) is 0. The van der Waals surface area contributed by atoms with Crippen LogP contribution in [0.4, 0.5) is 0 Å². The van der Waals surface area contributed by atoms with Crippen molar-refractivity contribution >= 4 is 23.9 Å². The van der Waals surface area contributed by atoms with Gasteiger partial charge in [-0.25, -0.2) is 9.59 Å². The lowest BCUT2D eigenvalue weighted by Gasteiger charge is -2.62. The third-order valence-electron chi connectivity index (χ3n) is 9.45. The molecule has 2 aromatic rings. The van der Waals surface area contributed by atoms with Gasteiger partial charge < -0.3 is 23.7 Å². The van der Waals surface area contributed by atoms with Crippen molar-refractivity contribution in [2.45, 2.75) is 90.0 Å². The predicted octanol–water partition coefficient (Wildman–Crippen LogP) is 4.91. The fraction of sp³-hybridized carbons (Fsp3) is 0.515. The van der Waals surface area contributed by atoms with Crippen molar-refractivity contribution in [3.8, 4) is 0 Å². The van der Waals surface area contributed by atoms with Gasteiger partial charge in [0.05, 0.1) is 22.1 Å². The van der Waals surface area contributed by atoms with E-state index in [2.05, 4.69) is 0 Å². The summed E-state index contributed by atoms with van der Waals surface area (Å²) in [5, 5.41) is 0. The Balaban J connectivity index is 1.66. The zero-order valence-corrected chi connectivity index (χ0v) is 24.8. The van der Waals surface area contributed by atoms with Crippen molar-refractivity contribution in [1.82, 2.24) is 0 Å². The van der Waals surface area contributed by atoms with Gasteiger partial charge in [-0.3, -0.25) is 9.59 Å². The van der Waals surface area contributed by atoms with Crippen LogP contribution in [0.3, 0.4) is 0 Å². The number of ether oxygens (including phenoxy) is 5. The van der Waals surface area contributed by atoms with Crippen LogP contribution < -0.4 is 0 Å². The number of carbonyl (C=O) groups is 4. The highest BCUT2D eigenvalue weighted by Gasteiger charge is 2.80. The van der Waals surface area contributed by atoms with E-state index < -0.39 is 64.9 Å². The van der Waals surface area contributed by atoms with Gasteiger partial charge in [0.15, 0.2) is 6.10 Å². The first-order valence-electron chi connectivity index (χ1n) is 14.4. The minimum atomic E-state index is -1.28. The topological polar surface area (TPSA) is 114 Å².